The molecular weight excluding hydrogens is 386 g/mol. The molecular formula is C24H26ClNO3. The Hall–Kier alpha value is -2.69. The maximum absolute atomic E-state index is 6.50. The van der Waals surface area contributed by atoms with Crippen molar-refractivity contribution in [2.45, 2.75) is 26.6 Å². The van der Waals surface area contributed by atoms with E-state index < -0.39 is 0 Å². The Morgan fingerprint density at radius 1 is 0.793 bits per heavy atom. The Morgan fingerprint density at radius 3 is 2.21 bits per heavy atom. The van der Waals surface area contributed by atoms with Gasteiger partial charge in [-0.1, -0.05) is 59.6 Å². The van der Waals surface area contributed by atoms with Crippen LogP contribution in [0.2, 0.25) is 5.02 Å². The van der Waals surface area contributed by atoms with Crippen molar-refractivity contribution in [3.05, 3.63) is 87.9 Å². The van der Waals surface area contributed by atoms with E-state index in [0.717, 1.165) is 22.4 Å². The van der Waals surface area contributed by atoms with Crippen LogP contribution in [0.25, 0.3) is 0 Å². The molecule has 0 unspecified atom stereocenters. The van der Waals surface area contributed by atoms with E-state index in [1.807, 2.05) is 36.4 Å². The molecule has 3 aromatic carbocycles. The second kappa shape index (κ2) is 10.2. The molecule has 0 aliphatic carbocycles. The summed E-state index contributed by atoms with van der Waals surface area (Å²) in [5.74, 6) is 2.16. The monoisotopic (exact) mass is 411 g/mol. The van der Waals surface area contributed by atoms with E-state index in [4.69, 9.17) is 25.8 Å². The van der Waals surface area contributed by atoms with E-state index in [-0.39, 0.29) is 0 Å². The molecule has 152 valence electrons. The molecule has 3 aromatic rings. The topological polar surface area (TPSA) is 39.7 Å². The maximum atomic E-state index is 6.50. The van der Waals surface area contributed by atoms with E-state index in [9.17, 15) is 0 Å². The van der Waals surface area contributed by atoms with Crippen molar-refractivity contribution in [3.63, 3.8) is 0 Å². The number of halogens is 1. The lowest BCUT2D eigenvalue weighted by molar-refractivity contribution is 0.284. The number of aryl methyl sites for hydroxylation is 1. The minimum Gasteiger partial charge on any atom is -0.496 e. The van der Waals surface area contributed by atoms with E-state index in [1.54, 1.807) is 14.2 Å². The van der Waals surface area contributed by atoms with Crippen LogP contribution in [-0.4, -0.2) is 14.2 Å². The van der Waals surface area contributed by atoms with Gasteiger partial charge in [0.15, 0.2) is 11.5 Å². The summed E-state index contributed by atoms with van der Waals surface area (Å²) in [6.07, 6.45) is 0. The van der Waals surface area contributed by atoms with Crippen LogP contribution in [0.4, 0.5) is 0 Å². The standard InChI is InChI=1S/C24H26ClNO3/c1-17-8-10-18(11-9-17)16-29-24-13-21(25)20(12-23(24)28-3)15-26-14-19-6-4-5-7-22(19)27-2/h4-13,26H,14-16H2,1-3H3. The van der Waals surface area contributed by atoms with Crippen LogP contribution in [0.15, 0.2) is 60.7 Å². The number of nitrogens with one attached hydrogen (secondary N) is 1. The summed E-state index contributed by atoms with van der Waals surface area (Å²) >= 11 is 6.50. The fourth-order valence-corrected chi connectivity index (χ4v) is 3.23. The first-order chi connectivity index (χ1) is 14.1. The van der Waals surface area contributed by atoms with E-state index in [0.29, 0.717) is 36.2 Å². The number of ether oxygens (including phenoxy) is 3. The molecule has 0 saturated heterocycles. The summed E-state index contributed by atoms with van der Waals surface area (Å²) in [6.45, 7) is 3.80. The van der Waals surface area contributed by atoms with Gasteiger partial charge in [0.2, 0.25) is 0 Å². The third-order valence-electron chi connectivity index (χ3n) is 4.67. The Labute approximate surface area is 177 Å². The molecule has 0 bridgehead atoms. The fraction of sp³-hybridized carbons (Fsp3) is 0.250. The molecule has 0 radical (unpaired) electrons. The molecule has 3 rings (SSSR count). The number of rotatable bonds is 9. The lowest BCUT2D eigenvalue weighted by atomic mass is 10.1. The number of para-hydroxylation sites is 1. The summed E-state index contributed by atoms with van der Waals surface area (Å²) in [4.78, 5) is 0. The van der Waals surface area contributed by atoms with Crippen LogP contribution in [0.3, 0.4) is 0 Å². The third-order valence-corrected chi connectivity index (χ3v) is 5.02. The third kappa shape index (κ3) is 5.66. The predicted molar refractivity (Wildman–Crippen MR) is 117 cm³/mol. The summed E-state index contributed by atoms with van der Waals surface area (Å²) < 4.78 is 16.9. The lowest BCUT2D eigenvalue weighted by Gasteiger charge is -2.15. The van der Waals surface area contributed by atoms with Gasteiger partial charge in [-0.2, -0.15) is 0 Å². The van der Waals surface area contributed by atoms with Gasteiger partial charge in [0.25, 0.3) is 0 Å². The van der Waals surface area contributed by atoms with Crippen LogP contribution in [0, 0.1) is 6.92 Å². The molecule has 0 saturated carbocycles. The Balaban J connectivity index is 1.65. The van der Waals surface area contributed by atoms with Crippen molar-refractivity contribution in [2.24, 2.45) is 0 Å². The lowest BCUT2D eigenvalue weighted by Crippen LogP contribution is -2.14. The Morgan fingerprint density at radius 2 is 1.48 bits per heavy atom. The van der Waals surface area contributed by atoms with Gasteiger partial charge in [-0.05, 0) is 30.2 Å². The summed E-state index contributed by atoms with van der Waals surface area (Å²) in [6, 6.07) is 19.9. The number of hydrogen-bond acceptors (Lipinski definition) is 4. The van der Waals surface area contributed by atoms with Crippen LogP contribution in [0.5, 0.6) is 17.2 Å². The van der Waals surface area contributed by atoms with E-state index in [2.05, 4.69) is 36.5 Å². The van der Waals surface area contributed by atoms with Crippen molar-refractivity contribution in [3.8, 4) is 17.2 Å². The molecule has 0 aromatic heterocycles. The minimum atomic E-state index is 0.457. The molecule has 0 heterocycles. The van der Waals surface area contributed by atoms with Gasteiger partial charge in [0.05, 0.1) is 14.2 Å². The van der Waals surface area contributed by atoms with Gasteiger partial charge in [0.1, 0.15) is 12.4 Å². The van der Waals surface area contributed by atoms with Crippen molar-refractivity contribution in [2.75, 3.05) is 14.2 Å². The maximum Gasteiger partial charge on any atom is 0.163 e. The summed E-state index contributed by atoms with van der Waals surface area (Å²) in [7, 11) is 3.31. The van der Waals surface area contributed by atoms with Gasteiger partial charge >= 0.3 is 0 Å². The van der Waals surface area contributed by atoms with Crippen molar-refractivity contribution >= 4 is 11.6 Å². The highest BCUT2D eigenvalue weighted by molar-refractivity contribution is 6.31. The molecule has 29 heavy (non-hydrogen) atoms. The highest BCUT2D eigenvalue weighted by atomic mass is 35.5. The summed E-state index contributed by atoms with van der Waals surface area (Å²) in [5.41, 5.74) is 4.35. The van der Waals surface area contributed by atoms with Crippen LogP contribution in [0.1, 0.15) is 22.3 Å². The second-order valence-corrected chi connectivity index (χ2v) is 7.19. The van der Waals surface area contributed by atoms with Gasteiger partial charge in [-0.3, -0.25) is 0 Å². The number of hydrogen-bond donors (Lipinski definition) is 1. The van der Waals surface area contributed by atoms with Crippen LogP contribution < -0.4 is 19.5 Å². The predicted octanol–water partition coefficient (Wildman–Crippen LogP) is 5.53. The van der Waals surface area contributed by atoms with Crippen molar-refractivity contribution < 1.29 is 14.2 Å². The molecule has 1 N–H and O–H groups in total. The molecule has 0 fully saturated rings. The highest BCUT2D eigenvalue weighted by Gasteiger charge is 2.11. The smallest absolute Gasteiger partial charge is 0.163 e. The minimum absolute atomic E-state index is 0.457. The van der Waals surface area contributed by atoms with Gasteiger partial charge in [-0.25, -0.2) is 0 Å². The zero-order valence-corrected chi connectivity index (χ0v) is 17.8. The van der Waals surface area contributed by atoms with Gasteiger partial charge in [-0.15, -0.1) is 0 Å². The second-order valence-electron chi connectivity index (χ2n) is 6.78. The fourth-order valence-electron chi connectivity index (χ4n) is 3.01. The average molecular weight is 412 g/mol. The number of benzene rings is 3. The molecule has 0 amide bonds. The molecule has 0 spiro atoms. The molecule has 0 atom stereocenters. The zero-order chi connectivity index (χ0) is 20.6. The van der Waals surface area contributed by atoms with Crippen molar-refractivity contribution in [1.82, 2.24) is 5.32 Å². The quantitative estimate of drug-likeness (QED) is 0.502. The van der Waals surface area contributed by atoms with E-state index in [1.165, 1.54) is 5.56 Å². The molecule has 0 aliphatic rings. The normalized spacial score (nSPS) is 10.6. The highest BCUT2D eigenvalue weighted by Crippen LogP contribution is 2.34. The van der Waals surface area contributed by atoms with Crippen LogP contribution in [-0.2, 0) is 19.7 Å². The first-order valence-electron chi connectivity index (χ1n) is 9.48. The first-order valence-corrected chi connectivity index (χ1v) is 9.86. The Kier molecular flexibility index (Phi) is 7.39. The van der Waals surface area contributed by atoms with Crippen molar-refractivity contribution in [1.29, 1.82) is 0 Å². The summed E-state index contributed by atoms with van der Waals surface area (Å²) in [5, 5.41) is 4.04. The van der Waals surface area contributed by atoms with E-state index >= 15 is 0 Å². The SMILES string of the molecule is COc1ccccc1CNCc1cc(OC)c(OCc2ccc(C)cc2)cc1Cl. The largest absolute Gasteiger partial charge is 0.496 e. The zero-order valence-electron chi connectivity index (χ0n) is 17.0. The van der Waals surface area contributed by atoms with Gasteiger partial charge < -0.3 is 19.5 Å². The first kappa shape index (κ1) is 21.0. The average Bonchev–Trinajstić information content (AvgIpc) is 2.75. The molecule has 4 nitrogen and oxygen atoms in total. The molecule has 5 heteroatoms. The Bertz CT molecular complexity index is 941. The van der Waals surface area contributed by atoms with Crippen LogP contribution >= 0.6 is 11.6 Å². The molecule has 0 aliphatic heterocycles. The number of methoxy groups -OCH3 is 2. The van der Waals surface area contributed by atoms with Gasteiger partial charge in [0, 0.05) is 29.7 Å².